The first-order valence-corrected chi connectivity index (χ1v) is 9.66. The van der Waals surface area contributed by atoms with Gasteiger partial charge in [-0.1, -0.05) is 34.5 Å². The van der Waals surface area contributed by atoms with Gasteiger partial charge in [0.1, 0.15) is 11.4 Å². The van der Waals surface area contributed by atoms with Gasteiger partial charge in [0.05, 0.1) is 11.6 Å². The lowest BCUT2D eigenvalue weighted by Gasteiger charge is -2.30. The van der Waals surface area contributed by atoms with Crippen molar-refractivity contribution in [2.75, 3.05) is 32.8 Å². The zero-order chi connectivity index (χ0) is 18.9. The van der Waals surface area contributed by atoms with Crippen LogP contribution in [-0.2, 0) is 4.74 Å². The molecule has 0 bridgehead atoms. The first-order valence-electron chi connectivity index (χ1n) is 8.49. The van der Waals surface area contributed by atoms with Crippen molar-refractivity contribution in [2.24, 2.45) is 0 Å². The summed E-state index contributed by atoms with van der Waals surface area (Å²) in [7, 11) is 0. The maximum Gasteiger partial charge on any atom is 0.410 e. The van der Waals surface area contributed by atoms with E-state index in [-0.39, 0.29) is 11.7 Å². The fraction of sp³-hybridized carbons (Fsp3) is 0.611. The van der Waals surface area contributed by atoms with Gasteiger partial charge in [-0.3, -0.25) is 0 Å². The molecule has 1 aliphatic heterocycles. The average Bonchev–Trinajstić information content (AvgIpc) is 2.55. The van der Waals surface area contributed by atoms with E-state index in [4.69, 9.17) is 21.1 Å². The van der Waals surface area contributed by atoms with Gasteiger partial charge in [-0.2, -0.15) is 0 Å². The van der Waals surface area contributed by atoms with Gasteiger partial charge in [0.25, 0.3) is 0 Å². The van der Waals surface area contributed by atoms with E-state index >= 15 is 0 Å². The molecule has 1 aromatic rings. The highest BCUT2D eigenvalue weighted by atomic mass is 79.9. The summed E-state index contributed by atoms with van der Waals surface area (Å²) in [5.41, 5.74) is -0.387. The Morgan fingerprint density at radius 1 is 1.32 bits per heavy atom. The summed E-state index contributed by atoms with van der Waals surface area (Å²) >= 11 is 9.24. The molecule has 1 heterocycles. The molecular weight excluding hydrogens is 408 g/mol. The molecule has 1 aromatic carbocycles. The highest BCUT2D eigenvalue weighted by Gasteiger charge is 2.22. The van der Waals surface area contributed by atoms with Gasteiger partial charge < -0.3 is 19.7 Å². The Morgan fingerprint density at radius 2 is 1.96 bits per heavy atom. The normalized spacial score (nSPS) is 14.4. The molecule has 1 saturated heterocycles. The lowest BCUT2D eigenvalue weighted by atomic mass is 10.2. The fourth-order valence-electron chi connectivity index (χ4n) is 1.97. The minimum absolute atomic E-state index is 0.200. The molecule has 0 aliphatic carbocycles. The molecule has 0 atom stereocenters. The second-order valence-corrected chi connectivity index (χ2v) is 7.96. The van der Waals surface area contributed by atoms with Crippen LogP contribution in [0.25, 0.3) is 0 Å². The maximum atomic E-state index is 11.5. The fourth-order valence-corrected chi connectivity index (χ4v) is 2.49. The maximum absolute atomic E-state index is 11.5. The Balaban J connectivity index is 0.000000251. The van der Waals surface area contributed by atoms with Gasteiger partial charge in [0.15, 0.2) is 0 Å². The highest BCUT2D eigenvalue weighted by molar-refractivity contribution is 9.10. The number of nitrogens with one attached hydrogen (secondary N) is 1. The summed E-state index contributed by atoms with van der Waals surface area (Å²) in [5, 5.41) is 3.84. The molecule has 2 rings (SSSR count). The Bertz CT molecular complexity index is 544. The van der Waals surface area contributed by atoms with Gasteiger partial charge >= 0.3 is 6.09 Å². The minimum atomic E-state index is -0.387. The second kappa shape index (κ2) is 10.9. The molecule has 0 saturated carbocycles. The summed E-state index contributed by atoms with van der Waals surface area (Å²) in [6.07, 6.45) is 0.789. The number of benzene rings is 1. The van der Waals surface area contributed by atoms with Crippen LogP contribution in [-0.4, -0.2) is 49.4 Å². The molecule has 0 unspecified atom stereocenters. The van der Waals surface area contributed by atoms with Crippen LogP contribution in [0, 0.1) is 0 Å². The van der Waals surface area contributed by atoms with Gasteiger partial charge in [0.2, 0.25) is 0 Å². The molecule has 5 nitrogen and oxygen atoms in total. The van der Waals surface area contributed by atoms with Gasteiger partial charge in [-0.05, 0) is 45.4 Å². The van der Waals surface area contributed by atoms with Crippen LogP contribution in [0.15, 0.2) is 22.7 Å². The van der Waals surface area contributed by atoms with E-state index in [2.05, 4.69) is 28.2 Å². The summed E-state index contributed by atoms with van der Waals surface area (Å²) in [4.78, 5) is 13.2. The number of rotatable bonds is 3. The molecular formula is C18H28BrClN2O3. The second-order valence-electron chi connectivity index (χ2n) is 6.64. The van der Waals surface area contributed by atoms with E-state index in [0.29, 0.717) is 11.6 Å². The van der Waals surface area contributed by atoms with Gasteiger partial charge in [-0.25, -0.2) is 4.79 Å². The summed E-state index contributed by atoms with van der Waals surface area (Å²) < 4.78 is 11.6. The lowest BCUT2D eigenvalue weighted by Crippen LogP contribution is -2.48. The van der Waals surface area contributed by atoms with Crippen molar-refractivity contribution in [2.45, 2.75) is 39.7 Å². The van der Waals surface area contributed by atoms with E-state index in [1.54, 1.807) is 4.90 Å². The monoisotopic (exact) mass is 434 g/mol. The summed E-state index contributed by atoms with van der Waals surface area (Å²) in [6.45, 7) is 11.6. The van der Waals surface area contributed by atoms with Crippen LogP contribution in [0.3, 0.4) is 0 Å². The standard InChI is InChI=1S/C9H10BrClO.C9H18N2O2/c1-2-5-12-9-6-7(10)3-4-8(9)11;1-9(2,3)13-8(12)11-6-4-10-5-7-11/h3-4,6H,2,5H2,1H3;10H,4-7H2,1-3H3. The Labute approximate surface area is 164 Å². The molecule has 142 valence electrons. The van der Waals surface area contributed by atoms with Crippen molar-refractivity contribution in [3.8, 4) is 5.75 Å². The highest BCUT2D eigenvalue weighted by Crippen LogP contribution is 2.27. The van der Waals surface area contributed by atoms with Crippen LogP contribution < -0.4 is 10.1 Å². The van der Waals surface area contributed by atoms with Crippen molar-refractivity contribution in [3.63, 3.8) is 0 Å². The number of hydrogen-bond acceptors (Lipinski definition) is 4. The Hall–Kier alpha value is -0.980. The average molecular weight is 436 g/mol. The van der Waals surface area contributed by atoms with E-state index in [0.717, 1.165) is 42.8 Å². The third kappa shape index (κ3) is 9.33. The van der Waals surface area contributed by atoms with E-state index in [1.807, 2.05) is 39.0 Å². The van der Waals surface area contributed by atoms with Crippen LogP contribution in [0.1, 0.15) is 34.1 Å². The molecule has 1 fully saturated rings. The number of carbonyl (C=O) groups excluding carboxylic acids is 1. The first kappa shape index (κ1) is 22.1. The number of halogens is 2. The molecule has 1 aliphatic rings. The summed E-state index contributed by atoms with van der Waals surface area (Å²) in [5.74, 6) is 0.743. The minimum Gasteiger partial charge on any atom is -0.492 e. The third-order valence-corrected chi connectivity index (χ3v) is 3.93. The predicted molar refractivity (Wildman–Crippen MR) is 106 cm³/mol. The smallest absolute Gasteiger partial charge is 0.410 e. The number of hydrogen-bond donors (Lipinski definition) is 1. The molecule has 0 radical (unpaired) electrons. The zero-order valence-electron chi connectivity index (χ0n) is 15.4. The number of amides is 1. The molecule has 0 spiro atoms. The largest absolute Gasteiger partial charge is 0.492 e. The van der Waals surface area contributed by atoms with Crippen molar-refractivity contribution in [1.82, 2.24) is 10.2 Å². The third-order valence-electron chi connectivity index (χ3n) is 3.12. The van der Waals surface area contributed by atoms with Crippen LogP contribution >= 0.6 is 27.5 Å². The number of carbonyl (C=O) groups is 1. The Morgan fingerprint density at radius 3 is 2.52 bits per heavy atom. The topological polar surface area (TPSA) is 50.8 Å². The number of nitrogens with zero attached hydrogens (tertiary/aromatic N) is 1. The number of piperazine rings is 1. The molecule has 0 aromatic heterocycles. The van der Waals surface area contributed by atoms with Gasteiger partial charge in [-0.15, -0.1) is 0 Å². The van der Waals surface area contributed by atoms with Crippen LogP contribution in [0.2, 0.25) is 5.02 Å². The first-order chi connectivity index (χ1) is 11.7. The van der Waals surface area contributed by atoms with E-state index in [9.17, 15) is 4.79 Å². The van der Waals surface area contributed by atoms with Gasteiger partial charge in [0, 0.05) is 30.7 Å². The Kier molecular flexibility index (Phi) is 9.61. The molecule has 25 heavy (non-hydrogen) atoms. The van der Waals surface area contributed by atoms with Crippen molar-refractivity contribution >= 4 is 33.6 Å². The lowest BCUT2D eigenvalue weighted by molar-refractivity contribution is 0.0229. The quantitative estimate of drug-likeness (QED) is 0.746. The van der Waals surface area contributed by atoms with Crippen molar-refractivity contribution in [1.29, 1.82) is 0 Å². The van der Waals surface area contributed by atoms with Crippen molar-refractivity contribution in [3.05, 3.63) is 27.7 Å². The van der Waals surface area contributed by atoms with Crippen LogP contribution in [0.5, 0.6) is 5.75 Å². The number of ether oxygens (including phenoxy) is 2. The zero-order valence-corrected chi connectivity index (χ0v) is 17.7. The van der Waals surface area contributed by atoms with E-state index < -0.39 is 0 Å². The molecule has 1 N–H and O–H groups in total. The van der Waals surface area contributed by atoms with Crippen LogP contribution in [0.4, 0.5) is 4.79 Å². The van der Waals surface area contributed by atoms with E-state index in [1.165, 1.54) is 0 Å². The molecule has 1 amide bonds. The summed E-state index contributed by atoms with van der Waals surface area (Å²) in [6, 6.07) is 5.58. The van der Waals surface area contributed by atoms with Crippen molar-refractivity contribution < 1.29 is 14.3 Å². The predicted octanol–water partition coefficient (Wildman–Crippen LogP) is 4.72. The SMILES string of the molecule is CC(C)(C)OC(=O)N1CCNCC1.CCCOc1cc(Br)ccc1Cl. The molecule has 7 heteroatoms.